The highest BCUT2D eigenvalue weighted by atomic mass is 16.5. The molecule has 1 aromatic heterocycles. The zero-order chi connectivity index (χ0) is 25.7. The van der Waals surface area contributed by atoms with Crippen LogP contribution < -0.4 is 14.2 Å². The number of fused-ring (bicyclic) bond motifs is 4. The molecule has 2 aliphatic heterocycles. The summed E-state index contributed by atoms with van der Waals surface area (Å²) in [4.78, 5) is 37.0. The van der Waals surface area contributed by atoms with Crippen molar-refractivity contribution >= 4 is 34.7 Å². The molecule has 3 aromatic carbocycles. The molecule has 0 fully saturated rings. The summed E-state index contributed by atoms with van der Waals surface area (Å²) in [7, 11) is 1.94. The molecule has 4 aromatic rings. The van der Waals surface area contributed by atoms with E-state index in [1.807, 2.05) is 42.1 Å². The van der Waals surface area contributed by atoms with Gasteiger partial charge in [0.25, 0.3) is 0 Å². The predicted molar refractivity (Wildman–Crippen MR) is 134 cm³/mol. The molecular weight excluding hydrogens is 474 g/mol. The van der Waals surface area contributed by atoms with Crippen LogP contribution in [0, 0.1) is 0 Å². The zero-order valence-corrected chi connectivity index (χ0v) is 19.8. The molecule has 1 N–H and O–H groups in total. The second-order valence-corrected chi connectivity index (χ2v) is 8.96. The molecule has 0 radical (unpaired) electrons. The zero-order valence-electron chi connectivity index (χ0n) is 19.8. The van der Waals surface area contributed by atoms with Crippen LogP contribution in [-0.4, -0.2) is 34.0 Å². The van der Waals surface area contributed by atoms with Gasteiger partial charge < -0.3 is 23.9 Å². The lowest BCUT2D eigenvalue weighted by atomic mass is 9.84. The number of nitrogens with zero attached hydrogens (tertiary/aromatic N) is 1. The van der Waals surface area contributed by atoms with Crippen LogP contribution in [0.4, 0.5) is 0 Å². The van der Waals surface area contributed by atoms with Crippen LogP contribution in [-0.2, 0) is 16.6 Å². The molecule has 0 amide bonds. The molecular formula is C29H21NO7. The number of carboxylic acids is 1. The molecule has 0 saturated carbocycles. The third-order valence-corrected chi connectivity index (χ3v) is 6.64. The molecule has 184 valence electrons. The first kappa shape index (κ1) is 22.6. The lowest BCUT2D eigenvalue weighted by molar-refractivity contribution is -0.139. The predicted octanol–water partition coefficient (Wildman–Crippen LogP) is 4.70. The summed E-state index contributed by atoms with van der Waals surface area (Å²) in [5.74, 6) is -1.24. The van der Waals surface area contributed by atoms with Gasteiger partial charge in [-0.3, -0.25) is 9.59 Å². The van der Waals surface area contributed by atoms with E-state index in [9.17, 15) is 14.4 Å². The number of carbonyl (C=O) groups is 3. The van der Waals surface area contributed by atoms with E-state index in [1.165, 1.54) is 0 Å². The summed E-state index contributed by atoms with van der Waals surface area (Å²) in [5, 5.41) is 10.1. The normalized spacial score (nSPS) is 17.3. The largest absolute Gasteiger partial charge is 0.482 e. The van der Waals surface area contributed by atoms with E-state index in [-0.39, 0.29) is 18.0 Å². The number of para-hydroxylation sites is 2. The number of ketones is 1. The van der Waals surface area contributed by atoms with Gasteiger partial charge in [-0.2, -0.15) is 0 Å². The van der Waals surface area contributed by atoms with Gasteiger partial charge in [-0.15, -0.1) is 0 Å². The van der Waals surface area contributed by atoms with Crippen LogP contribution in [0.5, 0.6) is 17.2 Å². The summed E-state index contributed by atoms with van der Waals surface area (Å²) in [6, 6.07) is 18.0. The smallest absolute Gasteiger partial charge is 0.341 e. The summed E-state index contributed by atoms with van der Waals surface area (Å²) in [5.41, 5.74) is 3.41. The van der Waals surface area contributed by atoms with Crippen molar-refractivity contribution in [2.45, 2.75) is 12.3 Å². The molecule has 0 bridgehead atoms. The Labute approximate surface area is 211 Å². The van der Waals surface area contributed by atoms with Crippen molar-refractivity contribution < 1.29 is 33.7 Å². The number of hydrogen-bond acceptors (Lipinski definition) is 6. The Morgan fingerprint density at radius 3 is 2.70 bits per heavy atom. The topological polar surface area (TPSA) is 104 Å². The number of carboxylic acid groups (broad SMARTS) is 1. The number of hydrogen-bond donors (Lipinski definition) is 1. The van der Waals surface area contributed by atoms with Crippen LogP contribution in [0.3, 0.4) is 0 Å². The Morgan fingerprint density at radius 1 is 1.08 bits per heavy atom. The minimum absolute atomic E-state index is 0.0170. The fourth-order valence-corrected chi connectivity index (χ4v) is 5.04. The number of aliphatic carboxylic acids is 1. The van der Waals surface area contributed by atoms with Gasteiger partial charge in [0, 0.05) is 46.8 Å². The average molecular weight is 495 g/mol. The van der Waals surface area contributed by atoms with Crippen molar-refractivity contribution in [3.63, 3.8) is 0 Å². The first-order valence-corrected chi connectivity index (χ1v) is 11.7. The van der Waals surface area contributed by atoms with Gasteiger partial charge in [0.15, 0.2) is 12.4 Å². The fourth-order valence-electron chi connectivity index (χ4n) is 5.04. The van der Waals surface area contributed by atoms with Crippen LogP contribution >= 0.6 is 0 Å². The minimum Gasteiger partial charge on any atom is -0.482 e. The molecule has 0 spiro atoms. The molecule has 8 heteroatoms. The maximum absolute atomic E-state index is 13.4. The third-order valence-electron chi connectivity index (χ3n) is 6.64. The van der Waals surface area contributed by atoms with Crippen molar-refractivity contribution in [1.82, 2.24) is 4.57 Å². The van der Waals surface area contributed by atoms with Gasteiger partial charge in [-0.05, 0) is 30.3 Å². The highest BCUT2D eigenvalue weighted by molar-refractivity contribution is 6.15. The van der Waals surface area contributed by atoms with E-state index in [0.29, 0.717) is 33.9 Å². The van der Waals surface area contributed by atoms with Crippen LogP contribution in [0.15, 0.2) is 72.6 Å². The Hall–Kier alpha value is -4.85. The van der Waals surface area contributed by atoms with E-state index >= 15 is 0 Å². The second kappa shape index (κ2) is 8.67. The van der Waals surface area contributed by atoms with Crippen molar-refractivity contribution in [1.29, 1.82) is 0 Å². The van der Waals surface area contributed by atoms with Gasteiger partial charge in [0.05, 0.1) is 12.0 Å². The van der Waals surface area contributed by atoms with E-state index in [2.05, 4.69) is 0 Å². The quantitative estimate of drug-likeness (QED) is 0.243. The van der Waals surface area contributed by atoms with Crippen molar-refractivity contribution in [3.05, 3.63) is 94.9 Å². The van der Waals surface area contributed by atoms with E-state index in [4.69, 9.17) is 19.3 Å². The molecule has 0 aliphatic carbocycles. The van der Waals surface area contributed by atoms with Crippen LogP contribution in [0.1, 0.15) is 39.4 Å². The molecule has 8 nitrogen and oxygen atoms in total. The maximum atomic E-state index is 13.4. The molecule has 6 rings (SSSR count). The van der Waals surface area contributed by atoms with Gasteiger partial charge in [0.2, 0.25) is 5.78 Å². The van der Waals surface area contributed by atoms with Gasteiger partial charge in [0.1, 0.15) is 17.2 Å². The molecule has 0 saturated heterocycles. The summed E-state index contributed by atoms with van der Waals surface area (Å²) in [6.07, 6.45) is 3.65. The minimum atomic E-state index is -1.11. The summed E-state index contributed by atoms with van der Waals surface area (Å²) >= 11 is 0. The number of ether oxygens (including phenoxy) is 3. The van der Waals surface area contributed by atoms with Crippen molar-refractivity contribution in [3.8, 4) is 17.2 Å². The Balaban J connectivity index is 1.45. The number of esters is 1. The highest BCUT2D eigenvalue weighted by Gasteiger charge is 2.39. The number of benzene rings is 3. The van der Waals surface area contributed by atoms with E-state index in [0.717, 1.165) is 16.5 Å². The molecule has 1 atom stereocenters. The lowest BCUT2D eigenvalue weighted by Gasteiger charge is -2.27. The number of aryl methyl sites for hydroxylation is 1. The average Bonchev–Trinajstić information content (AvgIpc) is 3.38. The summed E-state index contributed by atoms with van der Waals surface area (Å²) < 4.78 is 19.2. The molecule has 1 unspecified atom stereocenters. The van der Waals surface area contributed by atoms with Crippen LogP contribution in [0.25, 0.3) is 17.0 Å². The monoisotopic (exact) mass is 495 g/mol. The number of aromatic nitrogens is 1. The number of Topliss-reactive ketones (excluding diaryl/α,β-unsaturated/α-hetero) is 1. The molecule has 2 aliphatic rings. The summed E-state index contributed by atoms with van der Waals surface area (Å²) in [6.45, 7) is -0.527. The fraction of sp³-hybridized carbons (Fsp3) is 0.138. The third kappa shape index (κ3) is 3.83. The lowest BCUT2D eigenvalue weighted by Crippen LogP contribution is -2.22. The van der Waals surface area contributed by atoms with E-state index in [1.54, 1.807) is 42.5 Å². The highest BCUT2D eigenvalue weighted by Crippen LogP contribution is 2.50. The number of rotatable bonds is 5. The van der Waals surface area contributed by atoms with Gasteiger partial charge in [-0.1, -0.05) is 36.4 Å². The number of carbonyl (C=O) groups excluding carboxylic acids is 2. The number of allylic oxidation sites excluding steroid dienone is 1. The van der Waals surface area contributed by atoms with Gasteiger partial charge in [-0.25, -0.2) is 4.79 Å². The Morgan fingerprint density at radius 2 is 1.86 bits per heavy atom. The standard InChI is InChI=1S/C29H21NO7/c1-30-14-16(17-6-2-4-8-21(17)30)12-24-28(34)19-10-11-23-27(29(19)37-24)20(13-26(33)36-23)18-7-3-5-9-22(18)35-15-25(31)32/h2-12,14,20H,13,15H2,1H3,(H,31,32)/b24-12-. The first-order chi connectivity index (χ1) is 17.9. The van der Waals surface area contributed by atoms with Crippen LogP contribution in [0.2, 0.25) is 0 Å². The van der Waals surface area contributed by atoms with E-state index < -0.39 is 24.5 Å². The molecule has 37 heavy (non-hydrogen) atoms. The first-order valence-electron chi connectivity index (χ1n) is 11.7. The maximum Gasteiger partial charge on any atom is 0.341 e. The Bertz CT molecular complexity index is 1650. The molecule has 3 heterocycles. The van der Waals surface area contributed by atoms with Gasteiger partial charge >= 0.3 is 11.9 Å². The SMILES string of the molecule is Cn1cc(/C=C2\Oc3c(ccc4c3C(c3ccccc3OCC(=O)O)CC(=O)O4)C2=O)c2ccccc21. The van der Waals surface area contributed by atoms with Crippen molar-refractivity contribution in [2.75, 3.05) is 6.61 Å². The second-order valence-electron chi connectivity index (χ2n) is 8.96. The Kier molecular flexibility index (Phi) is 5.30. The van der Waals surface area contributed by atoms with Crippen molar-refractivity contribution in [2.24, 2.45) is 7.05 Å².